The third-order valence-corrected chi connectivity index (χ3v) is 7.52. The first-order valence-electron chi connectivity index (χ1n) is 10.7. The first-order chi connectivity index (χ1) is 16.2. The SMILES string of the molecule is CNC(=O)C(C)NC(=O)c1nc(-c2ccccc2)n2c1CN(S(=O)(=O)c1ccc(F)cc1)CC2. The number of sulfonamides is 1. The molecule has 178 valence electrons. The number of nitrogens with zero attached hydrogens (tertiary/aromatic N) is 3. The zero-order valence-corrected chi connectivity index (χ0v) is 19.5. The lowest BCUT2D eigenvalue weighted by Gasteiger charge is -2.28. The van der Waals surface area contributed by atoms with E-state index in [0.29, 0.717) is 11.5 Å². The molecule has 0 spiro atoms. The molecule has 2 amide bonds. The molecule has 2 aromatic carbocycles. The summed E-state index contributed by atoms with van der Waals surface area (Å²) in [6.07, 6.45) is 0. The number of rotatable bonds is 6. The number of aromatic nitrogens is 2. The van der Waals surface area contributed by atoms with Gasteiger partial charge in [-0.2, -0.15) is 4.31 Å². The van der Waals surface area contributed by atoms with Crippen LogP contribution in [-0.2, 0) is 27.9 Å². The second-order valence-corrected chi connectivity index (χ2v) is 9.79. The Kier molecular flexibility index (Phi) is 6.49. The van der Waals surface area contributed by atoms with Gasteiger partial charge in [-0.05, 0) is 31.2 Å². The standard InChI is InChI=1S/C23H24FN5O4S/c1-15(22(30)25-2)26-23(31)20-19-14-28(34(32,33)18-10-8-17(24)9-11-18)12-13-29(19)21(27-20)16-6-4-3-5-7-16/h3-11,15H,12-14H2,1-2H3,(H,25,30)(H,26,31). The topological polar surface area (TPSA) is 113 Å². The zero-order valence-electron chi connectivity index (χ0n) is 18.7. The molecule has 1 aliphatic rings. The van der Waals surface area contributed by atoms with E-state index in [2.05, 4.69) is 15.6 Å². The van der Waals surface area contributed by atoms with E-state index in [9.17, 15) is 22.4 Å². The summed E-state index contributed by atoms with van der Waals surface area (Å²) < 4.78 is 42.8. The van der Waals surface area contributed by atoms with Gasteiger partial charge in [0.1, 0.15) is 17.7 Å². The average Bonchev–Trinajstić information content (AvgIpc) is 3.23. The van der Waals surface area contributed by atoms with Crippen LogP contribution >= 0.6 is 0 Å². The van der Waals surface area contributed by atoms with E-state index in [1.54, 1.807) is 6.92 Å². The van der Waals surface area contributed by atoms with Gasteiger partial charge in [0.25, 0.3) is 5.91 Å². The number of fused-ring (bicyclic) bond motifs is 1. The molecule has 0 bridgehead atoms. The summed E-state index contributed by atoms with van der Waals surface area (Å²) in [4.78, 5) is 29.5. The van der Waals surface area contributed by atoms with Crippen LogP contribution in [0.25, 0.3) is 11.4 Å². The second kappa shape index (κ2) is 9.35. The Morgan fingerprint density at radius 2 is 1.74 bits per heavy atom. The van der Waals surface area contributed by atoms with Crippen LogP contribution in [0, 0.1) is 5.82 Å². The molecule has 1 aliphatic heterocycles. The van der Waals surface area contributed by atoms with Crippen molar-refractivity contribution < 1.29 is 22.4 Å². The molecule has 4 rings (SSSR count). The Labute approximate surface area is 196 Å². The van der Waals surface area contributed by atoms with Gasteiger partial charge in [-0.25, -0.2) is 17.8 Å². The van der Waals surface area contributed by atoms with Crippen molar-refractivity contribution in [2.24, 2.45) is 0 Å². The number of carbonyl (C=O) groups excluding carboxylic acids is 2. The molecular weight excluding hydrogens is 461 g/mol. The zero-order chi connectivity index (χ0) is 24.5. The average molecular weight is 486 g/mol. The van der Waals surface area contributed by atoms with Crippen LogP contribution in [0.15, 0.2) is 59.5 Å². The van der Waals surface area contributed by atoms with Crippen molar-refractivity contribution in [1.29, 1.82) is 0 Å². The van der Waals surface area contributed by atoms with Gasteiger partial charge in [0.2, 0.25) is 15.9 Å². The van der Waals surface area contributed by atoms with Gasteiger partial charge < -0.3 is 15.2 Å². The van der Waals surface area contributed by atoms with Gasteiger partial charge in [-0.15, -0.1) is 0 Å². The van der Waals surface area contributed by atoms with Crippen molar-refractivity contribution in [3.63, 3.8) is 0 Å². The molecule has 0 radical (unpaired) electrons. The molecule has 3 aromatic rings. The molecule has 9 nitrogen and oxygen atoms in total. The van der Waals surface area contributed by atoms with Crippen LogP contribution in [0.4, 0.5) is 4.39 Å². The molecule has 0 aliphatic carbocycles. The Balaban J connectivity index is 1.73. The molecular formula is C23H24FN5O4S. The van der Waals surface area contributed by atoms with E-state index in [0.717, 1.165) is 17.7 Å². The molecule has 2 N–H and O–H groups in total. The number of imidazole rings is 1. The number of halogens is 1. The Morgan fingerprint density at radius 1 is 1.06 bits per heavy atom. The van der Waals surface area contributed by atoms with Crippen LogP contribution in [0.2, 0.25) is 0 Å². The maximum atomic E-state index is 13.3. The van der Waals surface area contributed by atoms with Gasteiger partial charge in [-0.3, -0.25) is 9.59 Å². The molecule has 2 heterocycles. The smallest absolute Gasteiger partial charge is 0.272 e. The van der Waals surface area contributed by atoms with Crippen LogP contribution in [-0.4, -0.2) is 53.7 Å². The van der Waals surface area contributed by atoms with E-state index in [1.165, 1.54) is 23.5 Å². The fourth-order valence-corrected chi connectivity index (χ4v) is 5.23. The molecule has 1 atom stereocenters. The molecule has 1 aromatic heterocycles. The molecule has 0 fully saturated rings. The lowest BCUT2D eigenvalue weighted by molar-refractivity contribution is -0.122. The quantitative estimate of drug-likeness (QED) is 0.552. The first kappa shape index (κ1) is 23.6. The molecule has 1 unspecified atom stereocenters. The van der Waals surface area contributed by atoms with E-state index in [-0.39, 0.29) is 36.1 Å². The van der Waals surface area contributed by atoms with Crippen LogP contribution in [0.5, 0.6) is 0 Å². The Bertz CT molecular complexity index is 1320. The van der Waals surface area contributed by atoms with Gasteiger partial charge in [0, 0.05) is 25.7 Å². The molecule has 34 heavy (non-hydrogen) atoms. The molecule has 0 saturated heterocycles. The van der Waals surface area contributed by atoms with E-state index < -0.39 is 27.8 Å². The molecule has 0 saturated carbocycles. The summed E-state index contributed by atoms with van der Waals surface area (Å²) in [5.41, 5.74) is 1.24. The summed E-state index contributed by atoms with van der Waals surface area (Å²) in [5.74, 6) is -0.951. The highest BCUT2D eigenvalue weighted by atomic mass is 32.2. The van der Waals surface area contributed by atoms with E-state index in [4.69, 9.17) is 0 Å². The number of hydrogen-bond acceptors (Lipinski definition) is 5. The third-order valence-electron chi connectivity index (χ3n) is 5.66. The third kappa shape index (κ3) is 4.44. The minimum absolute atomic E-state index is 0.0376. The van der Waals surface area contributed by atoms with Crippen molar-refractivity contribution in [3.05, 3.63) is 71.8 Å². The predicted molar refractivity (Wildman–Crippen MR) is 123 cm³/mol. The van der Waals surface area contributed by atoms with E-state index >= 15 is 0 Å². The maximum absolute atomic E-state index is 13.3. The fraction of sp³-hybridized carbons (Fsp3) is 0.261. The normalized spacial score (nSPS) is 14.8. The van der Waals surface area contributed by atoms with Gasteiger partial charge >= 0.3 is 0 Å². The summed E-state index contributed by atoms with van der Waals surface area (Å²) in [6, 6.07) is 13.1. The van der Waals surface area contributed by atoms with Crippen molar-refractivity contribution in [1.82, 2.24) is 24.5 Å². The van der Waals surface area contributed by atoms with Crippen LogP contribution in [0.3, 0.4) is 0 Å². The van der Waals surface area contributed by atoms with Gasteiger partial charge in [-0.1, -0.05) is 30.3 Å². The first-order valence-corrected chi connectivity index (χ1v) is 12.1. The van der Waals surface area contributed by atoms with E-state index in [1.807, 2.05) is 34.9 Å². The van der Waals surface area contributed by atoms with Crippen LogP contribution in [0.1, 0.15) is 23.1 Å². The highest BCUT2D eigenvalue weighted by molar-refractivity contribution is 7.89. The lowest BCUT2D eigenvalue weighted by Crippen LogP contribution is -2.44. The van der Waals surface area contributed by atoms with Crippen LogP contribution < -0.4 is 10.6 Å². The van der Waals surface area contributed by atoms with Gasteiger partial charge in [0.15, 0.2) is 5.69 Å². The lowest BCUT2D eigenvalue weighted by atomic mass is 10.2. The summed E-state index contributed by atoms with van der Waals surface area (Å²) in [5, 5.41) is 5.09. The number of likely N-dealkylation sites (N-methyl/N-ethyl adjacent to an activating group) is 1. The Hall–Kier alpha value is -3.57. The highest BCUT2D eigenvalue weighted by Crippen LogP contribution is 2.29. The van der Waals surface area contributed by atoms with Crippen molar-refractivity contribution in [2.45, 2.75) is 31.0 Å². The minimum atomic E-state index is -3.93. The molecule has 11 heteroatoms. The largest absolute Gasteiger partial charge is 0.357 e. The predicted octanol–water partition coefficient (Wildman–Crippen LogP) is 1.76. The maximum Gasteiger partial charge on any atom is 0.272 e. The van der Waals surface area contributed by atoms with Crippen molar-refractivity contribution >= 4 is 21.8 Å². The number of nitrogens with one attached hydrogen (secondary N) is 2. The highest BCUT2D eigenvalue weighted by Gasteiger charge is 2.34. The van der Waals surface area contributed by atoms with Gasteiger partial charge in [0.05, 0.1) is 17.1 Å². The number of carbonyl (C=O) groups is 2. The van der Waals surface area contributed by atoms with Crippen molar-refractivity contribution in [3.8, 4) is 11.4 Å². The fourth-order valence-electron chi connectivity index (χ4n) is 3.84. The summed E-state index contributed by atoms with van der Waals surface area (Å²) in [6.45, 7) is 1.86. The monoisotopic (exact) mass is 485 g/mol. The summed E-state index contributed by atoms with van der Waals surface area (Å²) >= 11 is 0. The second-order valence-electron chi connectivity index (χ2n) is 7.85. The summed E-state index contributed by atoms with van der Waals surface area (Å²) in [7, 11) is -2.46. The Morgan fingerprint density at radius 3 is 2.38 bits per heavy atom. The number of benzene rings is 2. The number of amides is 2. The van der Waals surface area contributed by atoms with Crippen molar-refractivity contribution in [2.75, 3.05) is 13.6 Å². The minimum Gasteiger partial charge on any atom is -0.357 e. The number of hydrogen-bond donors (Lipinski definition) is 2.